The Balaban J connectivity index is 2.72. The van der Waals surface area contributed by atoms with Gasteiger partial charge >= 0.3 is 0 Å². The summed E-state index contributed by atoms with van der Waals surface area (Å²) in [6.07, 6.45) is 3.29. The average molecular weight is 271 g/mol. The minimum Gasteiger partial charge on any atom is -0.390 e. The van der Waals surface area contributed by atoms with Crippen LogP contribution in [0, 0.1) is 10.1 Å². The van der Waals surface area contributed by atoms with E-state index in [2.05, 4.69) is 0 Å². The quantitative estimate of drug-likeness (QED) is 0.457. The van der Waals surface area contributed by atoms with Crippen LogP contribution in [-0.4, -0.2) is 32.4 Å². The van der Waals surface area contributed by atoms with Crippen molar-refractivity contribution in [2.75, 3.05) is 0 Å². The van der Waals surface area contributed by atoms with Crippen LogP contribution in [0.3, 0.4) is 0 Å². The highest BCUT2D eigenvalue weighted by molar-refractivity contribution is 4.98. The van der Waals surface area contributed by atoms with Gasteiger partial charge in [0, 0.05) is 17.8 Å². The summed E-state index contributed by atoms with van der Waals surface area (Å²) < 4.78 is 0. The summed E-state index contributed by atoms with van der Waals surface area (Å²) in [5.41, 5.74) is -0.967. The van der Waals surface area contributed by atoms with Gasteiger partial charge in [-0.1, -0.05) is 11.6 Å². The summed E-state index contributed by atoms with van der Waals surface area (Å²) in [4.78, 5) is 11.0. The van der Waals surface area contributed by atoms with Gasteiger partial charge in [0.05, 0.1) is 5.60 Å². The number of hydrogen-bond donors (Lipinski definition) is 2. The Morgan fingerprint density at radius 1 is 1.37 bits per heavy atom. The summed E-state index contributed by atoms with van der Waals surface area (Å²) in [6, 6.07) is 0. The monoisotopic (exact) mass is 271 g/mol. The molecule has 19 heavy (non-hydrogen) atoms. The first-order chi connectivity index (χ1) is 8.69. The highest BCUT2D eigenvalue weighted by Crippen LogP contribution is 2.39. The van der Waals surface area contributed by atoms with E-state index in [0.717, 1.165) is 5.57 Å². The number of nitro groups is 1. The highest BCUT2D eigenvalue weighted by atomic mass is 16.6. The lowest BCUT2D eigenvalue weighted by Gasteiger charge is -2.39. The summed E-state index contributed by atoms with van der Waals surface area (Å²) in [5.74, 6) is 0. The molecular weight excluding hydrogens is 246 g/mol. The molecule has 0 aromatic carbocycles. The molecule has 5 nitrogen and oxygen atoms in total. The first-order valence-electron chi connectivity index (χ1n) is 6.88. The Kier molecular flexibility index (Phi) is 5.10. The summed E-state index contributed by atoms with van der Waals surface area (Å²) >= 11 is 0. The number of nitrogens with zero attached hydrogens (tertiary/aromatic N) is 1. The maximum Gasteiger partial charge on any atom is 0.247 e. The predicted octanol–water partition coefficient (Wildman–Crippen LogP) is 2.43. The van der Waals surface area contributed by atoms with Gasteiger partial charge in [-0.2, -0.15) is 0 Å². The fourth-order valence-corrected chi connectivity index (χ4v) is 2.66. The fourth-order valence-electron chi connectivity index (χ4n) is 2.66. The van der Waals surface area contributed by atoms with Crippen LogP contribution in [0.1, 0.15) is 59.3 Å². The van der Waals surface area contributed by atoms with Crippen molar-refractivity contribution in [3.05, 3.63) is 21.8 Å². The van der Waals surface area contributed by atoms with Crippen LogP contribution in [0.2, 0.25) is 0 Å². The molecule has 1 aliphatic rings. The zero-order chi connectivity index (χ0) is 14.7. The molecule has 0 spiro atoms. The van der Waals surface area contributed by atoms with Gasteiger partial charge in [0.15, 0.2) is 0 Å². The van der Waals surface area contributed by atoms with Gasteiger partial charge in [0.25, 0.3) is 0 Å². The molecule has 0 heterocycles. The second-order valence-electron chi connectivity index (χ2n) is 6.23. The predicted molar refractivity (Wildman–Crippen MR) is 73.5 cm³/mol. The molecule has 0 radical (unpaired) electrons. The van der Waals surface area contributed by atoms with Crippen LogP contribution in [0.15, 0.2) is 11.6 Å². The lowest BCUT2D eigenvalue weighted by molar-refractivity contribution is -0.590. The molecule has 0 saturated heterocycles. The average Bonchev–Trinajstić information content (AvgIpc) is 2.28. The van der Waals surface area contributed by atoms with Crippen molar-refractivity contribution in [1.82, 2.24) is 0 Å². The van der Waals surface area contributed by atoms with Gasteiger partial charge in [-0.25, -0.2) is 0 Å². The van der Waals surface area contributed by atoms with Crippen molar-refractivity contribution in [2.45, 2.75) is 76.5 Å². The Morgan fingerprint density at radius 3 is 2.32 bits per heavy atom. The molecule has 1 rings (SSSR count). The molecule has 0 aliphatic heterocycles. The van der Waals surface area contributed by atoms with Gasteiger partial charge in [-0.3, -0.25) is 10.1 Å². The van der Waals surface area contributed by atoms with E-state index in [1.807, 2.05) is 19.9 Å². The van der Waals surface area contributed by atoms with Crippen molar-refractivity contribution in [1.29, 1.82) is 0 Å². The van der Waals surface area contributed by atoms with Gasteiger partial charge in [0.1, 0.15) is 6.10 Å². The van der Waals surface area contributed by atoms with Crippen LogP contribution in [0.5, 0.6) is 0 Å². The maximum atomic E-state index is 11.4. The number of aliphatic hydroxyl groups is 2. The van der Waals surface area contributed by atoms with E-state index in [1.54, 1.807) is 6.92 Å². The second-order valence-corrected chi connectivity index (χ2v) is 6.23. The normalized spacial score (nSPS) is 32.7. The van der Waals surface area contributed by atoms with E-state index >= 15 is 0 Å². The molecule has 1 unspecified atom stereocenters. The summed E-state index contributed by atoms with van der Waals surface area (Å²) in [5, 5.41) is 31.5. The lowest BCUT2D eigenvalue weighted by atomic mass is 9.71. The van der Waals surface area contributed by atoms with Crippen LogP contribution in [0.25, 0.3) is 0 Å². The van der Waals surface area contributed by atoms with Crippen molar-refractivity contribution < 1.29 is 15.1 Å². The van der Waals surface area contributed by atoms with E-state index in [-0.39, 0.29) is 17.8 Å². The SMILES string of the molecule is CC(C)=CCCC(O)C1([N+](=O)[O-])CCC(C)(O)CC1. The number of hydrogen-bond acceptors (Lipinski definition) is 4. The molecule has 2 N–H and O–H groups in total. The second kappa shape index (κ2) is 6.01. The summed E-state index contributed by atoms with van der Waals surface area (Å²) in [6.45, 7) is 5.63. The Hall–Kier alpha value is -0.940. The summed E-state index contributed by atoms with van der Waals surface area (Å²) in [7, 11) is 0. The number of rotatable bonds is 5. The number of allylic oxidation sites excluding steroid dienone is 2. The van der Waals surface area contributed by atoms with Gasteiger partial charge in [-0.05, 0) is 46.5 Å². The lowest BCUT2D eigenvalue weighted by Crippen LogP contribution is -2.54. The number of aliphatic hydroxyl groups excluding tert-OH is 1. The van der Waals surface area contributed by atoms with Crippen molar-refractivity contribution in [2.24, 2.45) is 0 Å². The largest absolute Gasteiger partial charge is 0.390 e. The van der Waals surface area contributed by atoms with Gasteiger partial charge < -0.3 is 10.2 Å². The van der Waals surface area contributed by atoms with Gasteiger partial charge in [-0.15, -0.1) is 0 Å². The third-order valence-corrected chi connectivity index (χ3v) is 4.17. The molecule has 0 aromatic heterocycles. The molecule has 1 fully saturated rings. The smallest absolute Gasteiger partial charge is 0.247 e. The third kappa shape index (κ3) is 4.01. The molecule has 1 saturated carbocycles. The maximum absolute atomic E-state index is 11.4. The Morgan fingerprint density at radius 2 is 1.89 bits per heavy atom. The molecule has 0 amide bonds. The van der Waals surface area contributed by atoms with E-state index < -0.39 is 17.2 Å². The fraction of sp³-hybridized carbons (Fsp3) is 0.857. The first-order valence-corrected chi connectivity index (χ1v) is 6.88. The topological polar surface area (TPSA) is 83.6 Å². The zero-order valence-electron chi connectivity index (χ0n) is 12.1. The molecule has 1 aliphatic carbocycles. The molecule has 5 heteroatoms. The first kappa shape index (κ1) is 16.1. The molecule has 0 bridgehead atoms. The van der Waals surface area contributed by atoms with Crippen molar-refractivity contribution >= 4 is 0 Å². The molecule has 110 valence electrons. The van der Waals surface area contributed by atoms with Crippen molar-refractivity contribution in [3.8, 4) is 0 Å². The van der Waals surface area contributed by atoms with Crippen molar-refractivity contribution in [3.63, 3.8) is 0 Å². The van der Waals surface area contributed by atoms with E-state index in [9.17, 15) is 20.3 Å². The van der Waals surface area contributed by atoms with E-state index in [1.165, 1.54) is 0 Å². The minimum absolute atomic E-state index is 0.239. The zero-order valence-corrected chi connectivity index (χ0v) is 12.1. The van der Waals surface area contributed by atoms with Crippen LogP contribution < -0.4 is 0 Å². The molecule has 1 atom stereocenters. The van der Waals surface area contributed by atoms with Crippen LogP contribution in [-0.2, 0) is 0 Å². The Labute approximate surface area is 114 Å². The van der Waals surface area contributed by atoms with Gasteiger partial charge in [0.2, 0.25) is 5.54 Å². The standard InChI is InChI=1S/C14H25NO4/c1-11(2)5-4-6-12(16)14(15(18)19)9-7-13(3,17)8-10-14/h5,12,16-17H,4,6-10H2,1-3H3. The van der Waals surface area contributed by atoms with E-state index in [0.29, 0.717) is 25.7 Å². The highest BCUT2D eigenvalue weighted by Gasteiger charge is 2.53. The molecular formula is C14H25NO4. The third-order valence-electron chi connectivity index (χ3n) is 4.17. The van der Waals surface area contributed by atoms with E-state index in [4.69, 9.17) is 0 Å². The van der Waals surface area contributed by atoms with Crippen LogP contribution >= 0.6 is 0 Å². The minimum atomic E-state index is -1.28. The molecule has 0 aromatic rings. The Bertz CT molecular complexity index is 348. The van der Waals surface area contributed by atoms with Crippen LogP contribution in [0.4, 0.5) is 0 Å².